The molecule has 1 heterocycles. The molecule has 1 fully saturated rings. The first-order chi connectivity index (χ1) is 10.1. The van der Waals surface area contributed by atoms with E-state index in [2.05, 4.69) is 25.0 Å². The minimum atomic E-state index is 0.0987. The molecule has 120 valence electrons. The van der Waals surface area contributed by atoms with E-state index >= 15 is 0 Å². The zero-order valence-corrected chi connectivity index (χ0v) is 14.1. The quantitative estimate of drug-likeness (QED) is 0.828. The van der Waals surface area contributed by atoms with Gasteiger partial charge in [0.15, 0.2) is 0 Å². The van der Waals surface area contributed by atoms with Crippen molar-refractivity contribution in [3.05, 3.63) is 17.5 Å². The molecular weight excluding hydrogens is 260 g/mol. The predicted octanol–water partition coefficient (Wildman–Crippen LogP) is 3.88. The zero-order chi connectivity index (χ0) is 15.3. The van der Waals surface area contributed by atoms with E-state index in [1.807, 2.05) is 11.7 Å². The molecule has 0 amide bonds. The van der Waals surface area contributed by atoms with E-state index in [9.17, 15) is 5.11 Å². The van der Waals surface area contributed by atoms with Gasteiger partial charge < -0.3 is 5.11 Å². The van der Waals surface area contributed by atoms with Crippen molar-refractivity contribution in [1.29, 1.82) is 0 Å². The first kappa shape index (κ1) is 16.5. The molecule has 0 aromatic carbocycles. The summed E-state index contributed by atoms with van der Waals surface area (Å²) >= 11 is 0. The maximum absolute atomic E-state index is 9.99. The van der Waals surface area contributed by atoms with Crippen molar-refractivity contribution in [1.82, 2.24) is 9.78 Å². The molecule has 0 atom stereocenters. The van der Waals surface area contributed by atoms with Crippen LogP contribution in [0.5, 0.6) is 0 Å². The highest BCUT2D eigenvalue weighted by atomic mass is 16.3. The number of nitrogens with zero attached hydrogens (tertiary/aromatic N) is 2. The molecule has 0 unspecified atom stereocenters. The van der Waals surface area contributed by atoms with Crippen LogP contribution in [0, 0.1) is 11.3 Å². The van der Waals surface area contributed by atoms with Crippen molar-refractivity contribution in [2.24, 2.45) is 18.4 Å². The molecule has 0 spiro atoms. The highest BCUT2D eigenvalue weighted by Gasteiger charge is 2.35. The van der Waals surface area contributed by atoms with Gasteiger partial charge in [-0.2, -0.15) is 5.10 Å². The average molecular weight is 292 g/mol. The van der Waals surface area contributed by atoms with Gasteiger partial charge in [0.05, 0.1) is 5.69 Å². The monoisotopic (exact) mass is 292 g/mol. The molecule has 2 rings (SSSR count). The molecule has 0 saturated heterocycles. The Hall–Kier alpha value is -0.830. The van der Waals surface area contributed by atoms with Crippen LogP contribution >= 0.6 is 0 Å². The second-order valence-corrected chi connectivity index (χ2v) is 7.02. The third-order valence-electron chi connectivity index (χ3n) is 5.41. The van der Waals surface area contributed by atoms with Crippen LogP contribution in [0.4, 0.5) is 0 Å². The Kier molecular flexibility index (Phi) is 5.86. The normalized spacial score (nSPS) is 26.2. The second-order valence-electron chi connectivity index (χ2n) is 7.02. The van der Waals surface area contributed by atoms with Gasteiger partial charge in [-0.1, -0.05) is 33.1 Å². The number of aliphatic hydroxyl groups is 1. The number of rotatable bonds is 7. The number of unbranched alkanes of at least 4 members (excludes halogenated alkanes) is 1. The Morgan fingerprint density at radius 2 is 2.05 bits per heavy atom. The van der Waals surface area contributed by atoms with Crippen molar-refractivity contribution < 1.29 is 5.11 Å². The standard InChI is InChI=1S/C18H32N2O/c1-4-6-7-15-8-10-18(14-21,11-9-15)13-17-12-16(5-2)19-20(17)3/h12,15,21H,4-11,13-14H2,1-3H3. The number of aliphatic hydroxyl groups excluding tert-OH is 1. The van der Waals surface area contributed by atoms with Gasteiger partial charge in [0.25, 0.3) is 0 Å². The smallest absolute Gasteiger partial charge is 0.0624 e. The first-order valence-corrected chi connectivity index (χ1v) is 8.75. The Bertz CT molecular complexity index is 430. The van der Waals surface area contributed by atoms with E-state index in [0.29, 0.717) is 6.61 Å². The van der Waals surface area contributed by atoms with Crippen LogP contribution in [0.25, 0.3) is 0 Å². The Balaban J connectivity index is 1.98. The third kappa shape index (κ3) is 4.09. The van der Waals surface area contributed by atoms with Crippen LogP contribution in [0.2, 0.25) is 0 Å². The lowest BCUT2D eigenvalue weighted by Gasteiger charge is -2.39. The Morgan fingerprint density at radius 3 is 2.57 bits per heavy atom. The predicted molar refractivity (Wildman–Crippen MR) is 87.3 cm³/mol. The van der Waals surface area contributed by atoms with Gasteiger partial charge >= 0.3 is 0 Å². The number of aryl methyl sites for hydroxylation is 2. The lowest BCUT2D eigenvalue weighted by atomic mass is 9.67. The maximum atomic E-state index is 9.99. The van der Waals surface area contributed by atoms with Crippen molar-refractivity contribution in [2.75, 3.05) is 6.61 Å². The van der Waals surface area contributed by atoms with Gasteiger partial charge in [-0.15, -0.1) is 0 Å². The summed E-state index contributed by atoms with van der Waals surface area (Å²) in [6.07, 6.45) is 10.9. The molecule has 0 aliphatic heterocycles. The SMILES string of the molecule is CCCCC1CCC(CO)(Cc2cc(CC)nn2C)CC1. The summed E-state index contributed by atoms with van der Waals surface area (Å²) in [5.74, 6) is 0.891. The van der Waals surface area contributed by atoms with E-state index in [1.54, 1.807) is 0 Å². The fourth-order valence-electron chi connectivity index (χ4n) is 3.76. The number of aromatic nitrogens is 2. The summed E-state index contributed by atoms with van der Waals surface area (Å²) in [5, 5.41) is 14.5. The van der Waals surface area contributed by atoms with Crippen LogP contribution in [0.1, 0.15) is 70.2 Å². The van der Waals surface area contributed by atoms with Crippen LogP contribution in [0.15, 0.2) is 6.07 Å². The fourth-order valence-corrected chi connectivity index (χ4v) is 3.76. The molecule has 1 aromatic rings. The van der Waals surface area contributed by atoms with E-state index in [-0.39, 0.29) is 5.41 Å². The van der Waals surface area contributed by atoms with Gasteiger partial charge in [-0.25, -0.2) is 0 Å². The lowest BCUT2D eigenvalue weighted by Crippen LogP contribution is -2.34. The van der Waals surface area contributed by atoms with Crippen molar-refractivity contribution in [3.8, 4) is 0 Å². The van der Waals surface area contributed by atoms with Gasteiger partial charge in [0, 0.05) is 19.3 Å². The minimum Gasteiger partial charge on any atom is -0.396 e. The minimum absolute atomic E-state index is 0.0987. The highest BCUT2D eigenvalue weighted by Crippen LogP contribution is 2.42. The first-order valence-electron chi connectivity index (χ1n) is 8.75. The largest absolute Gasteiger partial charge is 0.396 e. The van der Waals surface area contributed by atoms with Gasteiger partial charge in [0.1, 0.15) is 0 Å². The van der Waals surface area contributed by atoms with Crippen molar-refractivity contribution in [3.63, 3.8) is 0 Å². The zero-order valence-electron chi connectivity index (χ0n) is 14.1. The molecule has 0 bridgehead atoms. The molecule has 3 nitrogen and oxygen atoms in total. The maximum Gasteiger partial charge on any atom is 0.0624 e. The van der Waals surface area contributed by atoms with Crippen molar-refractivity contribution in [2.45, 2.75) is 71.6 Å². The van der Waals surface area contributed by atoms with Crippen LogP contribution in [-0.2, 0) is 19.9 Å². The summed E-state index contributed by atoms with van der Waals surface area (Å²) in [6.45, 7) is 4.74. The van der Waals surface area contributed by atoms with E-state index < -0.39 is 0 Å². The van der Waals surface area contributed by atoms with Crippen LogP contribution < -0.4 is 0 Å². The van der Waals surface area contributed by atoms with Crippen LogP contribution in [-0.4, -0.2) is 21.5 Å². The van der Waals surface area contributed by atoms with E-state index in [4.69, 9.17) is 0 Å². The molecule has 1 N–H and O–H groups in total. The second kappa shape index (κ2) is 7.44. The van der Waals surface area contributed by atoms with Gasteiger partial charge in [-0.3, -0.25) is 4.68 Å². The molecule has 1 aromatic heterocycles. The molecule has 1 aliphatic carbocycles. The van der Waals surface area contributed by atoms with Gasteiger partial charge in [-0.05, 0) is 55.9 Å². The summed E-state index contributed by atoms with van der Waals surface area (Å²) < 4.78 is 2.01. The van der Waals surface area contributed by atoms with Crippen molar-refractivity contribution >= 4 is 0 Å². The molecular formula is C18H32N2O. The van der Waals surface area contributed by atoms with Crippen LogP contribution in [0.3, 0.4) is 0 Å². The number of hydrogen-bond acceptors (Lipinski definition) is 2. The Morgan fingerprint density at radius 1 is 1.33 bits per heavy atom. The molecule has 1 aliphatic rings. The Labute approximate surface area is 129 Å². The summed E-state index contributed by atoms with van der Waals surface area (Å²) in [5.41, 5.74) is 2.55. The highest BCUT2D eigenvalue weighted by molar-refractivity contribution is 5.12. The summed E-state index contributed by atoms with van der Waals surface area (Å²) in [4.78, 5) is 0. The topological polar surface area (TPSA) is 38.1 Å². The fraction of sp³-hybridized carbons (Fsp3) is 0.833. The number of hydrogen-bond donors (Lipinski definition) is 1. The average Bonchev–Trinajstić information content (AvgIpc) is 2.86. The molecule has 0 radical (unpaired) electrons. The molecule has 21 heavy (non-hydrogen) atoms. The molecule has 3 heteroatoms. The summed E-state index contributed by atoms with van der Waals surface area (Å²) in [6, 6.07) is 2.22. The summed E-state index contributed by atoms with van der Waals surface area (Å²) in [7, 11) is 2.03. The van der Waals surface area contributed by atoms with E-state index in [1.165, 1.54) is 50.6 Å². The van der Waals surface area contributed by atoms with Gasteiger partial charge in [0.2, 0.25) is 0 Å². The third-order valence-corrected chi connectivity index (χ3v) is 5.41. The van der Waals surface area contributed by atoms with E-state index in [0.717, 1.165) is 24.5 Å². The lowest BCUT2D eigenvalue weighted by molar-refractivity contribution is 0.0604. The molecule has 1 saturated carbocycles.